The summed E-state index contributed by atoms with van der Waals surface area (Å²) in [5.41, 5.74) is 1.33. The van der Waals surface area contributed by atoms with Gasteiger partial charge in [-0.25, -0.2) is 0 Å². The highest BCUT2D eigenvalue weighted by molar-refractivity contribution is 5.72. The van der Waals surface area contributed by atoms with Crippen LogP contribution in [0.2, 0.25) is 0 Å². The number of aliphatic hydroxyl groups excluding tert-OH is 2. The van der Waals surface area contributed by atoms with Crippen molar-refractivity contribution in [1.82, 2.24) is 0 Å². The molecular formula is C15H24O6. The summed E-state index contributed by atoms with van der Waals surface area (Å²) in [6, 6.07) is 0. The van der Waals surface area contributed by atoms with Crippen LogP contribution >= 0.6 is 0 Å². The molecule has 0 aromatic carbocycles. The first-order valence-electron chi connectivity index (χ1n) is 6.66. The van der Waals surface area contributed by atoms with Crippen LogP contribution in [-0.4, -0.2) is 47.6 Å². The molecule has 6 heteroatoms. The van der Waals surface area contributed by atoms with Crippen molar-refractivity contribution in [2.45, 2.75) is 45.3 Å². The molecule has 0 rings (SSSR count). The zero-order valence-corrected chi connectivity index (χ0v) is 12.6. The maximum atomic E-state index is 11.2. The van der Waals surface area contributed by atoms with Crippen LogP contribution in [-0.2, 0) is 19.1 Å². The summed E-state index contributed by atoms with van der Waals surface area (Å²) in [5.74, 6) is -0.965. The predicted molar refractivity (Wildman–Crippen MR) is 77.4 cm³/mol. The molecule has 0 aliphatic heterocycles. The first-order valence-corrected chi connectivity index (χ1v) is 6.66. The Balaban J connectivity index is 3.86. The quantitative estimate of drug-likeness (QED) is 0.464. The lowest BCUT2D eigenvalue weighted by Gasteiger charge is -2.16. The van der Waals surface area contributed by atoms with Gasteiger partial charge in [0.2, 0.25) is 0 Å². The summed E-state index contributed by atoms with van der Waals surface area (Å²) in [5, 5.41) is 19.2. The fourth-order valence-electron chi connectivity index (χ4n) is 1.42. The van der Waals surface area contributed by atoms with E-state index in [0.29, 0.717) is 11.1 Å². The minimum Gasteiger partial charge on any atom is -0.463 e. The average Bonchev–Trinajstić information content (AvgIpc) is 2.32. The van der Waals surface area contributed by atoms with Gasteiger partial charge in [-0.15, -0.1) is 0 Å². The Morgan fingerprint density at radius 2 is 1.24 bits per heavy atom. The first kappa shape index (κ1) is 19.3. The van der Waals surface area contributed by atoms with Crippen LogP contribution in [0, 0.1) is 0 Å². The molecular weight excluding hydrogens is 276 g/mol. The van der Waals surface area contributed by atoms with Gasteiger partial charge in [0.1, 0.15) is 13.2 Å². The molecule has 120 valence electrons. The van der Waals surface area contributed by atoms with E-state index in [2.05, 4.69) is 13.2 Å². The summed E-state index contributed by atoms with van der Waals surface area (Å²) in [6.45, 7) is 10.1. The molecule has 0 radical (unpaired) electrons. The standard InChI is InChI=1S/C15H24O6/c1-10(2)5-14(18)20-8-12(16)7-13(17)9-21-15(19)6-11(3)4/h12-13,16-17H,1,3,5-9H2,2,4H3. The van der Waals surface area contributed by atoms with Gasteiger partial charge in [-0.2, -0.15) is 0 Å². The van der Waals surface area contributed by atoms with Crippen molar-refractivity contribution in [3.05, 3.63) is 24.3 Å². The third-order valence-corrected chi connectivity index (χ3v) is 2.31. The molecule has 0 saturated carbocycles. The Morgan fingerprint density at radius 3 is 1.52 bits per heavy atom. The van der Waals surface area contributed by atoms with Crippen LogP contribution in [0.1, 0.15) is 33.1 Å². The van der Waals surface area contributed by atoms with Gasteiger partial charge in [0.15, 0.2) is 0 Å². The highest BCUT2D eigenvalue weighted by Gasteiger charge is 2.16. The third kappa shape index (κ3) is 11.8. The van der Waals surface area contributed by atoms with Crippen LogP contribution in [0.15, 0.2) is 24.3 Å². The van der Waals surface area contributed by atoms with E-state index < -0.39 is 24.1 Å². The minimum absolute atomic E-state index is 0.0549. The number of carbonyl (C=O) groups is 2. The molecule has 0 heterocycles. The van der Waals surface area contributed by atoms with Crippen molar-refractivity contribution >= 4 is 11.9 Å². The highest BCUT2D eigenvalue weighted by Crippen LogP contribution is 2.04. The van der Waals surface area contributed by atoms with Crippen LogP contribution in [0.25, 0.3) is 0 Å². The van der Waals surface area contributed by atoms with Crippen molar-refractivity contribution in [1.29, 1.82) is 0 Å². The molecule has 0 aliphatic rings. The molecule has 0 bridgehead atoms. The van der Waals surface area contributed by atoms with Crippen LogP contribution < -0.4 is 0 Å². The molecule has 0 fully saturated rings. The SMILES string of the molecule is C=C(C)CC(=O)OCC(O)CC(O)COC(=O)CC(=C)C. The average molecular weight is 300 g/mol. The van der Waals surface area contributed by atoms with E-state index in [9.17, 15) is 19.8 Å². The molecule has 21 heavy (non-hydrogen) atoms. The Kier molecular flexibility index (Phi) is 9.32. The molecule has 2 N–H and O–H groups in total. The second kappa shape index (κ2) is 10.1. The lowest BCUT2D eigenvalue weighted by Crippen LogP contribution is -2.27. The molecule has 6 nitrogen and oxygen atoms in total. The van der Waals surface area contributed by atoms with E-state index in [4.69, 9.17) is 9.47 Å². The van der Waals surface area contributed by atoms with Gasteiger partial charge in [-0.05, 0) is 13.8 Å². The molecule has 0 amide bonds. The maximum absolute atomic E-state index is 11.2. The fraction of sp³-hybridized carbons (Fsp3) is 0.600. The summed E-state index contributed by atoms with van der Waals surface area (Å²) in [4.78, 5) is 22.5. The van der Waals surface area contributed by atoms with E-state index in [1.165, 1.54) is 0 Å². The summed E-state index contributed by atoms with van der Waals surface area (Å²) < 4.78 is 9.63. The summed E-state index contributed by atoms with van der Waals surface area (Å²) >= 11 is 0. The number of aliphatic hydroxyl groups is 2. The highest BCUT2D eigenvalue weighted by atomic mass is 16.5. The maximum Gasteiger partial charge on any atom is 0.309 e. The zero-order valence-electron chi connectivity index (χ0n) is 12.6. The first-order chi connectivity index (χ1) is 9.70. The number of hydrogen-bond donors (Lipinski definition) is 2. The smallest absolute Gasteiger partial charge is 0.309 e. The van der Waals surface area contributed by atoms with Gasteiger partial charge < -0.3 is 19.7 Å². The molecule has 0 saturated heterocycles. The molecule has 0 aromatic rings. The van der Waals surface area contributed by atoms with Gasteiger partial charge in [-0.1, -0.05) is 24.3 Å². The van der Waals surface area contributed by atoms with Crippen LogP contribution in [0.4, 0.5) is 0 Å². The van der Waals surface area contributed by atoms with Gasteiger partial charge in [0, 0.05) is 6.42 Å². The monoisotopic (exact) mass is 300 g/mol. The van der Waals surface area contributed by atoms with Gasteiger partial charge in [-0.3, -0.25) is 9.59 Å². The lowest BCUT2D eigenvalue weighted by atomic mass is 10.2. The van der Waals surface area contributed by atoms with Crippen LogP contribution in [0.3, 0.4) is 0 Å². The van der Waals surface area contributed by atoms with E-state index in [1.807, 2.05) is 0 Å². The topological polar surface area (TPSA) is 93.1 Å². The van der Waals surface area contributed by atoms with Gasteiger partial charge in [0.05, 0.1) is 25.0 Å². The largest absolute Gasteiger partial charge is 0.463 e. The number of carbonyl (C=O) groups excluding carboxylic acids is 2. The molecule has 0 spiro atoms. The molecule has 0 aromatic heterocycles. The number of esters is 2. The van der Waals surface area contributed by atoms with E-state index in [-0.39, 0.29) is 32.5 Å². The van der Waals surface area contributed by atoms with Crippen LogP contribution in [0.5, 0.6) is 0 Å². The van der Waals surface area contributed by atoms with E-state index >= 15 is 0 Å². The second-order valence-electron chi connectivity index (χ2n) is 5.18. The minimum atomic E-state index is -1.02. The van der Waals surface area contributed by atoms with Crippen molar-refractivity contribution < 1.29 is 29.3 Å². The molecule has 2 unspecified atom stereocenters. The van der Waals surface area contributed by atoms with Crippen molar-refractivity contribution in [2.24, 2.45) is 0 Å². The van der Waals surface area contributed by atoms with Crippen molar-refractivity contribution in [3.63, 3.8) is 0 Å². The van der Waals surface area contributed by atoms with Crippen molar-refractivity contribution in [3.8, 4) is 0 Å². The fourth-order valence-corrected chi connectivity index (χ4v) is 1.42. The number of ether oxygens (including phenoxy) is 2. The van der Waals surface area contributed by atoms with Gasteiger partial charge >= 0.3 is 11.9 Å². The second-order valence-corrected chi connectivity index (χ2v) is 5.18. The normalized spacial score (nSPS) is 13.1. The number of hydrogen-bond acceptors (Lipinski definition) is 6. The van der Waals surface area contributed by atoms with Gasteiger partial charge in [0.25, 0.3) is 0 Å². The third-order valence-electron chi connectivity index (χ3n) is 2.31. The summed E-state index contributed by atoms with van der Waals surface area (Å²) in [7, 11) is 0. The Bertz CT molecular complexity index is 352. The predicted octanol–water partition coefficient (Wildman–Crippen LogP) is 1.12. The Labute approximate surface area is 125 Å². The lowest BCUT2D eigenvalue weighted by molar-refractivity contribution is -0.148. The zero-order chi connectivity index (χ0) is 16.4. The molecule has 0 aliphatic carbocycles. The number of rotatable bonds is 10. The Hall–Kier alpha value is -1.66. The molecule has 2 atom stereocenters. The summed E-state index contributed by atoms with van der Waals surface area (Å²) in [6.07, 6.45) is -1.91. The van der Waals surface area contributed by atoms with E-state index in [0.717, 1.165) is 0 Å². The van der Waals surface area contributed by atoms with Crippen molar-refractivity contribution in [2.75, 3.05) is 13.2 Å². The Morgan fingerprint density at radius 1 is 0.905 bits per heavy atom. The van der Waals surface area contributed by atoms with E-state index in [1.54, 1.807) is 13.8 Å².